The summed E-state index contributed by atoms with van der Waals surface area (Å²) < 4.78 is 1.55. The molecule has 0 spiro atoms. The topological polar surface area (TPSA) is 55.1 Å². The van der Waals surface area contributed by atoms with Crippen molar-refractivity contribution in [3.05, 3.63) is 27.4 Å². The lowest BCUT2D eigenvalue weighted by Crippen LogP contribution is -2.33. The van der Waals surface area contributed by atoms with Gasteiger partial charge in [0, 0.05) is 12.2 Å². The van der Waals surface area contributed by atoms with Crippen molar-refractivity contribution in [1.29, 1.82) is 0 Å². The molecule has 0 saturated heterocycles. The van der Waals surface area contributed by atoms with Gasteiger partial charge in [-0.3, -0.25) is 9.36 Å². The number of aromatic nitrogens is 2. The maximum Gasteiger partial charge on any atom is 0.258 e. The molecule has 4 nitrogen and oxygen atoms in total. The summed E-state index contributed by atoms with van der Waals surface area (Å²) in [6, 6.07) is 0. The molecule has 0 aliphatic carbocycles. The summed E-state index contributed by atoms with van der Waals surface area (Å²) >= 11 is 5.98. The molecule has 0 radical (unpaired) electrons. The second-order valence-electron chi connectivity index (χ2n) is 4.20. The fraction of sp³-hybridized carbons (Fsp3) is 0.636. The Hall–Kier alpha value is -0.870. The summed E-state index contributed by atoms with van der Waals surface area (Å²) in [6.45, 7) is 4.14. The lowest BCUT2D eigenvalue weighted by molar-refractivity contribution is 0.130. The molecule has 2 rings (SSSR count). The van der Waals surface area contributed by atoms with Crippen LogP contribution in [0.2, 0.25) is 0 Å². The molecule has 1 aliphatic rings. The predicted octanol–water partition coefficient (Wildman–Crippen LogP) is 1.68. The van der Waals surface area contributed by atoms with E-state index in [1.165, 1.54) is 0 Å². The molecule has 16 heavy (non-hydrogen) atoms. The molecule has 0 amide bonds. The molecule has 2 unspecified atom stereocenters. The van der Waals surface area contributed by atoms with Gasteiger partial charge >= 0.3 is 0 Å². The maximum absolute atomic E-state index is 12.1. The molecular weight excluding hydrogens is 228 g/mol. The minimum atomic E-state index is -0.625. The van der Waals surface area contributed by atoms with Gasteiger partial charge in [0.2, 0.25) is 0 Å². The molecule has 5 heteroatoms. The van der Waals surface area contributed by atoms with Gasteiger partial charge in [0.25, 0.3) is 5.56 Å². The Morgan fingerprint density at radius 1 is 1.62 bits per heavy atom. The third-order valence-corrected chi connectivity index (χ3v) is 3.20. The van der Waals surface area contributed by atoms with Crippen LogP contribution in [0, 0.1) is 6.92 Å². The van der Waals surface area contributed by atoms with Gasteiger partial charge in [0.15, 0.2) is 0 Å². The minimum absolute atomic E-state index is 0.108. The van der Waals surface area contributed by atoms with Crippen LogP contribution in [-0.2, 0) is 6.54 Å². The molecule has 0 fully saturated rings. The summed E-state index contributed by atoms with van der Waals surface area (Å²) in [5.74, 6) is 0.481. The lowest BCUT2D eigenvalue weighted by Gasteiger charge is -2.23. The summed E-state index contributed by atoms with van der Waals surface area (Å²) in [4.78, 5) is 16.5. The SMILES string of the molecule is Cc1nc2n(c(=O)c1C(C)Cl)CCCC2O. The Balaban J connectivity index is 2.67. The van der Waals surface area contributed by atoms with Crippen molar-refractivity contribution in [2.45, 2.75) is 44.7 Å². The van der Waals surface area contributed by atoms with Crippen LogP contribution in [0.3, 0.4) is 0 Å². The second-order valence-corrected chi connectivity index (χ2v) is 4.85. The van der Waals surface area contributed by atoms with Crippen LogP contribution in [0.1, 0.15) is 48.3 Å². The van der Waals surface area contributed by atoms with Gasteiger partial charge in [0.1, 0.15) is 11.9 Å². The van der Waals surface area contributed by atoms with E-state index in [9.17, 15) is 9.90 Å². The number of hydrogen-bond donors (Lipinski definition) is 1. The summed E-state index contributed by atoms with van der Waals surface area (Å²) in [5, 5.41) is 9.43. The smallest absolute Gasteiger partial charge is 0.258 e. The standard InChI is InChI=1S/C11H15ClN2O2/c1-6(12)9-7(2)13-10-8(15)4-3-5-14(10)11(9)16/h6,8,15H,3-5H2,1-2H3. The van der Waals surface area contributed by atoms with Gasteiger partial charge in [-0.05, 0) is 26.7 Å². The monoisotopic (exact) mass is 242 g/mol. The van der Waals surface area contributed by atoms with Gasteiger partial charge in [-0.2, -0.15) is 0 Å². The number of alkyl halides is 1. The first kappa shape index (κ1) is 11.6. The first-order valence-electron chi connectivity index (χ1n) is 5.45. The summed E-state index contributed by atoms with van der Waals surface area (Å²) in [7, 11) is 0. The van der Waals surface area contributed by atoms with E-state index in [2.05, 4.69) is 4.98 Å². The zero-order valence-electron chi connectivity index (χ0n) is 9.40. The van der Waals surface area contributed by atoms with E-state index in [-0.39, 0.29) is 10.9 Å². The highest BCUT2D eigenvalue weighted by molar-refractivity contribution is 6.20. The van der Waals surface area contributed by atoms with Gasteiger partial charge in [0.05, 0.1) is 10.9 Å². The molecule has 1 aromatic rings. The number of rotatable bonds is 1. The first-order valence-corrected chi connectivity index (χ1v) is 5.89. The Kier molecular flexibility index (Phi) is 3.04. The van der Waals surface area contributed by atoms with Crippen LogP contribution < -0.4 is 5.56 Å². The highest BCUT2D eigenvalue weighted by atomic mass is 35.5. The Morgan fingerprint density at radius 3 is 2.94 bits per heavy atom. The zero-order chi connectivity index (χ0) is 11.9. The van der Waals surface area contributed by atoms with Crippen LogP contribution in [0.4, 0.5) is 0 Å². The van der Waals surface area contributed by atoms with Crippen LogP contribution in [0.15, 0.2) is 4.79 Å². The molecule has 2 heterocycles. The van der Waals surface area contributed by atoms with E-state index >= 15 is 0 Å². The van der Waals surface area contributed by atoms with Crippen molar-refractivity contribution in [3.63, 3.8) is 0 Å². The van der Waals surface area contributed by atoms with Crippen LogP contribution >= 0.6 is 11.6 Å². The summed E-state index contributed by atoms with van der Waals surface area (Å²) in [5.41, 5.74) is 1.06. The Morgan fingerprint density at radius 2 is 2.31 bits per heavy atom. The predicted molar refractivity (Wildman–Crippen MR) is 61.7 cm³/mol. The van der Waals surface area contributed by atoms with Crippen molar-refractivity contribution in [1.82, 2.24) is 9.55 Å². The molecule has 1 aliphatic heterocycles. The van der Waals surface area contributed by atoms with Gasteiger partial charge in [-0.1, -0.05) is 0 Å². The number of aliphatic hydroxyl groups excluding tert-OH is 1. The molecular formula is C11H15ClN2O2. The van der Waals surface area contributed by atoms with Crippen molar-refractivity contribution in [2.75, 3.05) is 0 Å². The van der Waals surface area contributed by atoms with Crippen LogP contribution in [0.5, 0.6) is 0 Å². The average Bonchev–Trinajstić information content (AvgIpc) is 2.19. The van der Waals surface area contributed by atoms with Crippen molar-refractivity contribution < 1.29 is 5.11 Å². The fourth-order valence-electron chi connectivity index (χ4n) is 2.20. The number of hydrogen-bond acceptors (Lipinski definition) is 3. The quantitative estimate of drug-likeness (QED) is 0.763. The Bertz CT molecular complexity index is 468. The number of fused-ring (bicyclic) bond motifs is 1. The number of nitrogens with zero attached hydrogens (tertiary/aromatic N) is 2. The van der Waals surface area contributed by atoms with Crippen molar-refractivity contribution >= 4 is 11.6 Å². The van der Waals surface area contributed by atoms with E-state index < -0.39 is 6.10 Å². The number of aryl methyl sites for hydroxylation is 1. The largest absolute Gasteiger partial charge is 0.385 e. The van der Waals surface area contributed by atoms with E-state index in [0.29, 0.717) is 30.0 Å². The first-order chi connectivity index (χ1) is 7.52. The number of aliphatic hydroxyl groups is 1. The zero-order valence-corrected chi connectivity index (χ0v) is 10.2. The molecule has 2 atom stereocenters. The van der Waals surface area contributed by atoms with Crippen molar-refractivity contribution in [3.8, 4) is 0 Å². The Labute approximate surface area is 98.9 Å². The molecule has 0 saturated carbocycles. The van der Waals surface area contributed by atoms with Crippen molar-refractivity contribution in [2.24, 2.45) is 0 Å². The van der Waals surface area contributed by atoms with Crippen LogP contribution in [0.25, 0.3) is 0 Å². The lowest BCUT2D eigenvalue weighted by atomic mass is 10.1. The van der Waals surface area contributed by atoms with Gasteiger partial charge in [-0.15, -0.1) is 11.6 Å². The van der Waals surface area contributed by atoms with Gasteiger partial charge in [-0.25, -0.2) is 4.98 Å². The normalized spacial score (nSPS) is 21.6. The third-order valence-electron chi connectivity index (χ3n) is 2.98. The van der Waals surface area contributed by atoms with Crippen LogP contribution in [-0.4, -0.2) is 14.7 Å². The molecule has 0 aromatic carbocycles. The minimum Gasteiger partial charge on any atom is -0.385 e. The second kappa shape index (κ2) is 4.18. The molecule has 0 bridgehead atoms. The maximum atomic E-state index is 12.1. The van der Waals surface area contributed by atoms with Gasteiger partial charge < -0.3 is 5.11 Å². The van der Waals surface area contributed by atoms with E-state index in [1.807, 2.05) is 0 Å². The van der Waals surface area contributed by atoms with E-state index in [4.69, 9.17) is 11.6 Å². The molecule has 1 N–H and O–H groups in total. The van der Waals surface area contributed by atoms with E-state index in [0.717, 1.165) is 6.42 Å². The highest BCUT2D eigenvalue weighted by Crippen LogP contribution is 2.25. The molecule has 1 aromatic heterocycles. The van der Waals surface area contributed by atoms with E-state index in [1.54, 1.807) is 18.4 Å². The fourth-order valence-corrected chi connectivity index (χ4v) is 2.45. The highest BCUT2D eigenvalue weighted by Gasteiger charge is 2.24. The summed E-state index contributed by atoms with van der Waals surface area (Å²) in [6.07, 6.45) is 0.844. The third kappa shape index (κ3) is 1.76. The average molecular weight is 243 g/mol. The number of halogens is 1. The molecule has 88 valence electrons.